The van der Waals surface area contributed by atoms with E-state index in [0.717, 1.165) is 9.87 Å². The number of hydrogen-bond acceptors (Lipinski definition) is 5. The molecule has 0 spiro atoms. The van der Waals surface area contributed by atoms with Crippen LogP contribution >= 0.6 is 0 Å². The second kappa shape index (κ2) is 6.71. The predicted molar refractivity (Wildman–Crippen MR) is 76.7 cm³/mol. The zero-order valence-electron chi connectivity index (χ0n) is 11.9. The highest BCUT2D eigenvalue weighted by Gasteiger charge is 2.22. The van der Waals surface area contributed by atoms with Gasteiger partial charge in [0.1, 0.15) is 0 Å². The van der Waals surface area contributed by atoms with Crippen molar-refractivity contribution in [1.29, 1.82) is 0 Å². The van der Waals surface area contributed by atoms with Crippen LogP contribution in [0.25, 0.3) is 0 Å². The van der Waals surface area contributed by atoms with E-state index in [-0.39, 0.29) is 24.5 Å². The zero-order chi connectivity index (χ0) is 15.3. The summed E-state index contributed by atoms with van der Waals surface area (Å²) in [5.41, 5.74) is 6.96. The van der Waals surface area contributed by atoms with Gasteiger partial charge in [0.15, 0.2) is 0 Å². The number of aryl methyl sites for hydroxylation is 1. The van der Waals surface area contributed by atoms with Crippen LogP contribution in [0.1, 0.15) is 18.9 Å². The molecule has 0 heterocycles. The molecule has 7 heteroatoms. The summed E-state index contributed by atoms with van der Waals surface area (Å²) in [5.74, 6) is -0.419. The average molecular weight is 300 g/mol. The molecule has 0 unspecified atom stereocenters. The molecule has 0 fully saturated rings. The summed E-state index contributed by atoms with van der Waals surface area (Å²) in [6, 6.07) is 4.58. The molecule has 0 aliphatic carbocycles. The molecule has 1 aromatic rings. The summed E-state index contributed by atoms with van der Waals surface area (Å²) < 4.78 is 30.5. The third-order valence-corrected chi connectivity index (χ3v) is 4.75. The van der Waals surface area contributed by atoms with Crippen LogP contribution in [0, 0.1) is 6.92 Å². The van der Waals surface area contributed by atoms with E-state index in [4.69, 9.17) is 10.5 Å². The molecule has 0 amide bonds. The summed E-state index contributed by atoms with van der Waals surface area (Å²) in [5, 5.41) is 0. The van der Waals surface area contributed by atoms with Gasteiger partial charge in [0.05, 0.1) is 17.9 Å². The second-order valence-electron chi connectivity index (χ2n) is 4.40. The summed E-state index contributed by atoms with van der Waals surface area (Å²) in [7, 11) is -2.22. The maximum Gasteiger partial charge on any atom is 0.307 e. The highest BCUT2D eigenvalue weighted by atomic mass is 32.2. The fourth-order valence-electron chi connectivity index (χ4n) is 1.56. The number of nitrogens with two attached hydrogens (primary N) is 1. The fraction of sp³-hybridized carbons (Fsp3) is 0.462. The minimum Gasteiger partial charge on any atom is -0.466 e. The van der Waals surface area contributed by atoms with Crippen molar-refractivity contribution in [2.75, 3.05) is 25.9 Å². The molecule has 0 radical (unpaired) electrons. The van der Waals surface area contributed by atoms with E-state index in [2.05, 4.69) is 0 Å². The first-order chi connectivity index (χ1) is 9.28. The van der Waals surface area contributed by atoms with Gasteiger partial charge in [-0.05, 0) is 31.5 Å². The van der Waals surface area contributed by atoms with E-state index in [1.807, 2.05) is 0 Å². The quantitative estimate of drug-likeness (QED) is 0.629. The Kier molecular flexibility index (Phi) is 5.52. The van der Waals surface area contributed by atoms with Gasteiger partial charge in [-0.15, -0.1) is 0 Å². The van der Waals surface area contributed by atoms with Gasteiger partial charge < -0.3 is 10.5 Å². The van der Waals surface area contributed by atoms with Crippen molar-refractivity contribution in [3.05, 3.63) is 23.8 Å². The number of sulfonamides is 1. The molecule has 112 valence electrons. The number of hydrogen-bond donors (Lipinski definition) is 1. The number of carbonyl (C=O) groups is 1. The molecule has 1 rings (SSSR count). The molecule has 2 N–H and O–H groups in total. The van der Waals surface area contributed by atoms with E-state index < -0.39 is 16.0 Å². The highest BCUT2D eigenvalue weighted by Crippen LogP contribution is 2.20. The minimum atomic E-state index is -3.64. The van der Waals surface area contributed by atoms with Crippen molar-refractivity contribution in [2.24, 2.45) is 0 Å². The first kappa shape index (κ1) is 16.5. The van der Waals surface area contributed by atoms with Gasteiger partial charge >= 0.3 is 5.97 Å². The first-order valence-electron chi connectivity index (χ1n) is 6.27. The summed E-state index contributed by atoms with van der Waals surface area (Å²) in [6.45, 7) is 3.85. The molecule has 0 saturated carbocycles. The van der Waals surface area contributed by atoms with E-state index in [1.165, 1.54) is 19.2 Å². The van der Waals surface area contributed by atoms with Crippen molar-refractivity contribution >= 4 is 21.7 Å². The molecule has 0 aromatic heterocycles. The maximum absolute atomic E-state index is 12.3. The van der Waals surface area contributed by atoms with Crippen molar-refractivity contribution < 1.29 is 17.9 Å². The Balaban J connectivity index is 2.82. The lowest BCUT2D eigenvalue weighted by molar-refractivity contribution is -0.143. The molecule has 0 aliphatic heterocycles. The predicted octanol–water partition coefficient (Wildman–Crippen LogP) is 1.15. The second-order valence-corrected chi connectivity index (χ2v) is 6.44. The summed E-state index contributed by atoms with van der Waals surface area (Å²) in [6.07, 6.45) is 0.0188. The lowest BCUT2D eigenvalue weighted by Crippen LogP contribution is -2.29. The van der Waals surface area contributed by atoms with Gasteiger partial charge in [-0.25, -0.2) is 12.7 Å². The number of benzene rings is 1. The third kappa shape index (κ3) is 3.94. The Morgan fingerprint density at radius 3 is 2.60 bits per heavy atom. The summed E-state index contributed by atoms with van der Waals surface area (Å²) in [4.78, 5) is 11.4. The third-order valence-electron chi connectivity index (χ3n) is 2.90. The van der Waals surface area contributed by atoms with Gasteiger partial charge in [0.2, 0.25) is 10.0 Å². The molecule has 6 nitrogen and oxygen atoms in total. The Hall–Kier alpha value is -1.60. The Bertz CT molecular complexity index is 584. The maximum atomic E-state index is 12.3. The molecule has 0 aliphatic rings. The average Bonchev–Trinajstić information content (AvgIpc) is 2.39. The van der Waals surface area contributed by atoms with Crippen LogP contribution in [0.2, 0.25) is 0 Å². The van der Waals surface area contributed by atoms with Crippen molar-refractivity contribution in [2.45, 2.75) is 25.2 Å². The number of nitrogens with zero attached hydrogens (tertiary/aromatic N) is 1. The van der Waals surface area contributed by atoms with Crippen LogP contribution in [-0.4, -0.2) is 38.9 Å². The smallest absolute Gasteiger partial charge is 0.307 e. The van der Waals surface area contributed by atoms with Gasteiger partial charge in [-0.1, -0.05) is 6.07 Å². The van der Waals surface area contributed by atoms with Gasteiger partial charge in [0.25, 0.3) is 0 Å². The Labute approximate surface area is 119 Å². The molecule has 20 heavy (non-hydrogen) atoms. The minimum absolute atomic E-state index is 0.0188. The standard InChI is InChI=1S/C13H20N2O4S/c1-4-19-13(16)7-8-15(3)20(17,18)11-6-5-10(2)12(14)9-11/h5-6,9H,4,7-8,14H2,1-3H3. The number of nitrogen functional groups attached to an aromatic ring is 1. The van der Waals surface area contributed by atoms with Crippen LogP contribution in [0.4, 0.5) is 5.69 Å². The lowest BCUT2D eigenvalue weighted by atomic mass is 10.2. The van der Waals surface area contributed by atoms with Gasteiger partial charge in [-0.3, -0.25) is 4.79 Å². The molecule has 1 aromatic carbocycles. The Morgan fingerprint density at radius 1 is 1.40 bits per heavy atom. The molecule has 0 bridgehead atoms. The normalized spacial score (nSPS) is 11.6. The SMILES string of the molecule is CCOC(=O)CCN(C)S(=O)(=O)c1ccc(C)c(N)c1. The number of ether oxygens (including phenoxy) is 1. The fourth-order valence-corrected chi connectivity index (χ4v) is 2.77. The summed E-state index contributed by atoms with van der Waals surface area (Å²) >= 11 is 0. The number of esters is 1. The molecular weight excluding hydrogens is 280 g/mol. The monoisotopic (exact) mass is 300 g/mol. The molecular formula is C13H20N2O4S. The van der Waals surface area contributed by atoms with Crippen LogP contribution in [-0.2, 0) is 19.6 Å². The van der Waals surface area contributed by atoms with E-state index >= 15 is 0 Å². The number of anilines is 1. The van der Waals surface area contributed by atoms with Gasteiger partial charge in [-0.2, -0.15) is 0 Å². The Morgan fingerprint density at radius 2 is 2.05 bits per heavy atom. The van der Waals surface area contributed by atoms with E-state index in [1.54, 1.807) is 19.9 Å². The van der Waals surface area contributed by atoms with Crippen LogP contribution < -0.4 is 5.73 Å². The van der Waals surface area contributed by atoms with E-state index in [0.29, 0.717) is 5.69 Å². The molecule has 0 saturated heterocycles. The van der Waals surface area contributed by atoms with Gasteiger partial charge in [0, 0.05) is 19.3 Å². The largest absolute Gasteiger partial charge is 0.466 e. The van der Waals surface area contributed by atoms with E-state index in [9.17, 15) is 13.2 Å². The highest BCUT2D eigenvalue weighted by molar-refractivity contribution is 7.89. The van der Waals surface area contributed by atoms with Crippen molar-refractivity contribution in [3.8, 4) is 0 Å². The van der Waals surface area contributed by atoms with Crippen molar-refractivity contribution in [3.63, 3.8) is 0 Å². The lowest BCUT2D eigenvalue weighted by Gasteiger charge is -2.17. The van der Waals surface area contributed by atoms with Crippen LogP contribution in [0.5, 0.6) is 0 Å². The van der Waals surface area contributed by atoms with Crippen LogP contribution in [0.15, 0.2) is 23.1 Å². The van der Waals surface area contributed by atoms with Crippen molar-refractivity contribution in [1.82, 2.24) is 4.31 Å². The van der Waals surface area contributed by atoms with Crippen LogP contribution in [0.3, 0.4) is 0 Å². The molecule has 0 atom stereocenters. The number of rotatable bonds is 6. The first-order valence-corrected chi connectivity index (χ1v) is 7.71. The topological polar surface area (TPSA) is 89.7 Å². The number of carbonyl (C=O) groups excluding carboxylic acids is 1. The zero-order valence-corrected chi connectivity index (χ0v) is 12.7.